The van der Waals surface area contributed by atoms with Crippen molar-refractivity contribution < 1.29 is 9.90 Å². The number of rotatable bonds is 6. The van der Waals surface area contributed by atoms with E-state index >= 15 is 0 Å². The third-order valence-corrected chi connectivity index (χ3v) is 3.82. The molecule has 0 saturated carbocycles. The summed E-state index contributed by atoms with van der Waals surface area (Å²) in [7, 11) is 0. The third-order valence-electron chi connectivity index (χ3n) is 3.08. The molecule has 0 aliphatic rings. The van der Waals surface area contributed by atoms with Crippen molar-refractivity contribution in [1.29, 1.82) is 0 Å². The Morgan fingerprint density at radius 2 is 2.14 bits per heavy atom. The summed E-state index contributed by atoms with van der Waals surface area (Å²) in [5.74, 6) is -0.603. The largest absolute Gasteiger partial charge is 0.480 e. The highest BCUT2D eigenvalue weighted by atomic mass is 35.5. The van der Waals surface area contributed by atoms with E-state index in [0.717, 1.165) is 12.8 Å². The number of nitrogens with zero attached hydrogens (tertiary/aromatic N) is 4. The number of unbranched alkanes of at least 4 members (excludes halogenated alkanes) is 1. The van der Waals surface area contributed by atoms with Gasteiger partial charge in [0.25, 0.3) is 0 Å². The second-order valence-electron chi connectivity index (χ2n) is 4.57. The minimum Gasteiger partial charge on any atom is -0.480 e. The minimum absolute atomic E-state index is 0.358. The summed E-state index contributed by atoms with van der Waals surface area (Å²) in [6.45, 7) is 2.00. The first-order valence-electron chi connectivity index (χ1n) is 6.50. The van der Waals surface area contributed by atoms with Crippen LogP contribution < -0.4 is 0 Å². The van der Waals surface area contributed by atoms with Crippen LogP contribution in [-0.4, -0.2) is 31.3 Å². The van der Waals surface area contributed by atoms with E-state index in [-0.39, 0.29) is 0 Å². The molecule has 2 rings (SSSR count). The number of carboxylic acid groups (broad SMARTS) is 1. The lowest BCUT2D eigenvalue weighted by Gasteiger charge is -2.13. The Labute approximate surface area is 131 Å². The molecule has 21 heavy (non-hydrogen) atoms. The van der Waals surface area contributed by atoms with Crippen molar-refractivity contribution in [2.75, 3.05) is 0 Å². The van der Waals surface area contributed by atoms with Crippen molar-refractivity contribution >= 4 is 29.2 Å². The molecule has 8 heteroatoms. The number of carbonyl (C=O) groups is 1. The summed E-state index contributed by atoms with van der Waals surface area (Å²) in [5.41, 5.74) is 0.622. The SMILES string of the molecule is CCCCC(C(=O)O)n1nnnc1-c1ccc(Cl)c(Cl)c1. The summed E-state index contributed by atoms with van der Waals surface area (Å²) >= 11 is 11.9. The molecule has 0 saturated heterocycles. The second kappa shape index (κ2) is 6.87. The summed E-state index contributed by atoms with van der Waals surface area (Å²) in [5, 5.41) is 21.5. The Balaban J connectivity index is 2.40. The maximum atomic E-state index is 11.4. The van der Waals surface area contributed by atoms with Crippen molar-refractivity contribution in [3.05, 3.63) is 28.2 Å². The van der Waals surface area contributed by atoms with E-state index in [9.17, 15) is 9.90 Å². The Hall–Kier alpha value is -1.66. The van der Waals surface area contributed by atoms with E-state index in [0.29, 0.717) is 27.9 Å². The van der Waals surface area contributed by atoms with E-state index in [4.69, 9.17) is 23.2 Å². The standard InChI is InChI=1S/C13H14Cl2N4O2/c1-2-3-4-11(13(20)21)19-12(16-17-18-19)8-5-6-9(14)10(15)7-8/h5-7,11H,2-4H2,1H3,(H,20,21). The quantitative estimate of drug-likeness (QED) is 0.878. The first-order valence-corrected chi connectivity index (χ1v) is 7.26. The second-order valence-corrected chi connectivity index (χ2v) is 5.39. The Morgan fingerprint density at radius 1 is 1.38 bits per heavy atom. The van der Waals surface area contributed by atoms with Crippen LogP contribution in [-0.2, 0) is 4.79 Å². The van der Waals surface area contributed by atoms with Gasteiger partial charge in [0.1, 0.15) is 0 Å². The van der Waals surface area contributed by atoms with E-state index in [1.807, 2.05) is 6.92 Å². The van der Waals surface area contributed by atoms with Gasteiger partial charge in [-0.1, -0.05) is 43.0 Å². The molecule has 1 heterocycles. The normalized spacial score (nSPS) is 12.3. The smallest absolute Gasteiger partial charge is 0.328 e. The molecule has 0 bridgehead atoms. The lowest BCUT2D eigenvalue weighted by Crippen LogP contribution is -2.21. The summed E-state index contributed by atoms with van der Waals surface area (Å²) in [6, 6.07) is 4.14. The van der Waals surface area contributed by atoms with Gasteiger partial charge in [0.2, 0.25) is 0 Å². The highest BCUT2D eigenvalue weighted by Gasteiger charge is 2.24. The van der Waals surface area contributed by atoms with Crippen LogP contribution in [0.5, 0.6) is 0 Å². The maximum absolute atomic E-state index is 11.4. The van der Waals surface area contributed by atoms with Crippen LogP contribution >= 0.6 is 23.2 Å². The number of hydrogen-bond acceptors (Lipinski definition) is 4. The fourth-order valence-electron chi connectivity index (χ4n) is 1.98. The molecule has 6 nitrogen and oxygen atoms in total. The summed E-state index contributed by atoms with van der Waals surface area (Å²) < 4.78 is 1.32. The van der Waals surface area contributed by atoms with Crippen molar-refractivity contribution in [2.45, 2.75) is 32.2 Å². The zero-order valence-corrected chi connectivity index (χ0v) is 12.8. The van der Waals surface area contributed by atoms with E-state index < -0.39 is 12.0 Å². The Bertz CT molecular complexity index is 645. The molecule has 0 spiro atoms. The van der Waals surface area contributed by atoms with Crippen LogP contribution in [0.2, 0.25) is 10.0 Å². The molecular weight excluding hydrogens is 315 g/mol. The van der Waals surface area contributed by atoms with Crippen molar-refractivity contribution in [3.63, 3.8) is 0 Å². The van der Waals surface area contributed by atoms with Gasteiger partial charge in [-0.05, 0) is 35.0 Å². The van der Waals surface area contributed by atoms with Gasteiger partial charge in [-0.25, -0.2) is 9.48 Å². The van der Waals surface area contributed by atoms with Crippen LogP contribution in [0.1, 0.15) is 32.2 Å². The molecule has 0 aliphatic heterocycles. The zero-order chi connectivity index (χ0) is 15.4. The fraction of sp³-hybridized carbons (Fsp3) is 0.385. The van der Waals surface area contributed by atoms with Gasteiger partial charge in [-0.2, -0.15) is 0 Å². The van der Waals surface area contributed by atoms with Crippen LogP contribution in [0.25, 0.3) is 11.4 Å². The number of aromatic nitrogens is 4. The zero-order valence-electron chi connectivity index (χ0n) is 11.3. The Kier molecular flexibility index (Phi) is 5.14. The Morgan fingerprint density at radius 3 is 2.76 bits per heavy atom. The van der Waals surface area contributed by atoms with E-state index in [2.05, 4.69) is 15.5 Å². The molecule has 2 aromatic rings. The monoisotopic (exact) mass is 328 g/mol. The summed E-state index contributed by atoms with van der Waals surface area (Å²) in [6.07, 6.45) is 2.14. The molecule has 1 aromatic heterocycles. The van der Waals surface area contributed by atoms with Crippen LogP contribution in [0.4, 0.5) is 0 Å². The fourth-order valence-corrected chi connectivity index (χ4v) is 2.27. The van der Waals surface area contributed by atoms with Crippen molar-refractivity contribution in [1.82, 2.24) is 20.2 Å². The first kappa shape index (κ1) is 15.7. The number of aliphatic carboxylic acids is 1. The molecule has 0 radical (unpaired) electrons. The van der Waals surface area contributed by atoms with E-state index in [1.165, 1.54) is 4.68 Å². The van der Waals surface area contributed by atoms with E-state index in [1.54, 1.807) is 18.2 Å². The van der Waals surface area contributed by atoms with Gasteiger partial charge < -0.3 is 5.11 Å². The number of tetrazole rings is 1. The van der Waals surface area contributed by atoms with Gasteiger partial charge in [-0.15, -0.1) is 5.10 Å². The van der Waals surface area contributed by atoms with Gasteiger partial charge in [0.05, 0.1) is 10.0 Å². The average Bonchev–Trinajstić information content (AvgIpc) is 2.91. The highest BCUT2D eigenvalue weighted by molar-refractivity contribution is 6.42. The van der Waals surface area contributed by atoms with Gasteiger partial charge >= 0.3 is 5.97 Å². The number of halogens is 2. The number of hydrogen-bond donors (Lipinski definition) is 1. The van der Waals surface area contributed by atoms with Crippen molar-refractivity contribution in [3.8, 4) is 11.4 Å². The predicted molar refractivity (Wildman–Crippen MR) is 79.5 cm³/mol. The highest BCUT2D eigenvalue weighted by Crippen LogP contribution is 2.29. The molecule has 1 N–H and O–H groups in total. The lowest BCUT2D eigenvalue weighted by molar-refractivity contribution is -0.141. The summed E-state index contributed by atoms with van der Waals surface area (Å²) in [4.78, 5) is 11.4. The average molecular weight is 329 g/mol. The molecule has 1 unspecified atom stereocenters. The molecule has 1 atom stereocenters. The molecule has 0 fully saturated rings. The van der Waals surface area contributed by atoms with Crippen molar-refractivity contribution in [2.24, 2.45) is 0 Å². The van der Waals surface area contributed by atoms with Gasteiger partial charge in [0.15, 0.2) is 11.9 Å². The van der Waals surface area contributed by atoms with Gasteiger partial charge in [0, 0.05) is 5.56 Å². The molecule has 0 amide bonds. The molecular formula is C13H14Cl2N4O2. The topological polar surface area (TPSA) is 80.9 Å². The van der Waals surface area contributed by atoms with Crippen LogP contribution in [0.3, 0.4) is 0 Å². The number of carboxylic acids is 1. The molecule has 112 valence electrons. The first-order chi connectivity index (χ1) is 10.0. The third kappa shape index (κ3) is 3.51. The molecule has 0 aliphatic carbocycles. The van der Waals surface area contributed by atoms with Crippen LogP contribution in [0.15, 0.2) is 18.2 Å². The predicted octanol–water partition coefficient (Wildman–Crippen LogP) is 3.46. The lowest BCUT2D eigenvalue weighted by atomic mass is 10.1. The number of benzene rings is 1. The van der Waals surface area contributed by atoms with Crippen LogP contribution in [0, 0.1) is 0 Å². The van der Waals surface area contributed by atoms with Gasteiger partial charge in [-0.3, -0.25) is 0 Å². The maximum Gasteiger partial charge on any atom is 0.328 e. The molecule has 1 aromatic carbocycles. The minimum atomic E-state index is -0.961.